The Hall–Kier alpha value is -3.82. The smallest absolute Gasteiger partial charge is 0.296 e. The van der Waals surface area contributed by atoms with E-state index in [1.807, 2.05) is 0 Å². The summed E-state index contributed by atoms with van der Waals surface area (Å²) in [6.07, 6.45) is 0.675. The molecule has 0 saturated heterocycles. The molecule has 3 aromatic carbocycles. The average molecular weight is 707 g/mol. The Morgan fingerprint density at radius 2 is 1.50 bits per heavy atom. The van der Waals surface area contributed by atoms with Gasteiger partial charge >= 0.3 is 0 Å². The number of nitrogens with one attached hydrogen (secondary N) is 1. The third-order valence-corrected chi connectivity index (χ3v) is 9.12. The molecule has 0 atom stereocenters. The molecular weight excluding hydrogens is 689 g/mol. The molecule has 232 valence electrons. The highest BCUT2D eigenvalue weighted by molar-refractivity contribution is 7.86. The van der Waals surface area contributed by atoms with Gasteiger partial charge in [0.25, 0.3) is 35.9 Å². The summed E-state index contributed by atoms with van der Waals surface area (Å²) in [5.74, 6) is -0.803. The zero-order valence-electron chi connectivity index (χ0n) is 21.5. The summed E-state index contributed by atoms with van der Waals surface area (Å²) in [6, 6.07) is 8.21. The molecule has 0 aliphatic heterocycles. The lowest BCUT2D eigenvalue weighted by molar-refractivity contribution is -0.116. The van der Waals surface area contributed by atoms with E-state index in [0.29, 0.717) is 0 Å². The summed E-state index contributed by atoms with van der Waals surface area (Å²) in [5.41, 5.74) is -2.06. The first-order valence-corrected chi connectivity index (χ1v) is 16.7. The van der Waals surface area contributed by atoms with Crippen LogP contribution in [0.5, 0.6) is 0 Å². The van der Waals surface area contributed by atoms with E-state index < -0.39 is 74.3 Å². The van der Waals surface area contributed by atoms with Gasteiger partial charge in [-0.15, -0.1) is 10.2 Å². The number of hydrogen-bond donors (Lipinski definition) is 4. The molecule has 0 aliphatic carbocycles. The lowest BCUT2D eigenvalue weighted by atomic mass is 10.1. The van der Waals surface area contributed by atoms with Crippen molar-refractivity contribution in [2.45, 2.75) is 27.7 Å². The van der Waals surface area contributed by atoms with Crippen LogP contribution in [0.4, 0.5) is 17.1 Å². The quantitative estimate of drug-likeness (QED) is 0.143. The number of azo groups is 1. The first-order chi connectivity index (χ1) is 20.4. The molecule has 1 amide bonds. The number of carbonyl (C=O) groups excluding carboxylic acids is 1. The molecule has 1 heterocycles. The minimum absolute atomic E-state index is 0.0694. The van der Waals surface area contributed by atoms with Crippen molar-refractivity contribution in [2.24, 2.45) is 10.2 Å². The molecule has 4 N–H and O–H groups in total. The molecule has 0 aliphatic rings. The molecule has 16 nitrogen and oxygen atoms in total. The van der Waals surface area contributed by atoms with Crippen LogP contribution in [0.2, 0.25) is 10.0 Å². The molecule has 0 unspecified atom stereocenters. The molecule has 0 saturated carbocycles. The third kappa shape index (κ3) is 7.45. The van der Waals surface area contributed by atoms with E-state index in [0.717, 1.165) is 47.3 Å². The maximum atomic E-state index is 12.8. The van der Waals surface area contributed by atoms with E-state index in [9.17, 15) is 48.5 Å². The van der Waals surface area contributed by atoms with E-state index in [4.69, 9.17) is 23.2 Å². The van der Waals surface area contributed by atoms with Gasteiger partial charge in [-0.2, -0.15) is 30.4 Å². The van der Waals surface area contributed by atoms with E-state index in [1.165, 1.54) is 12.1 Å². The molecule has 44 heavy (non-hydrogen) atoms. The Labute approximate surface area is 258 Å². The number of rotatable bonds is 9. The minimum atomic E-state index is -5.08. The van der Waals surface area contributed by atoms with Crippen molar-refractivity contribution in [3.8, 4) is 0 Å². The van der Waals surface area contributed by atoms with Gasteiger partial charge in [-0.05, 0) is 41.8 Å². The van der Waals surface area contributed by atoms with Crippen LogP contribution in [0.3, 0.4) is 0 Å². The standard InChI is InChI=1S/C23H17Cl2N5O11S3/c24-15-11-26-30(23(32)22(15)25)6-5-21(31)27-17-9-13(42(33,34)35)7-12-8-20(44(39,40)41)18(10-14(12)17)29-28-16-3-1-2-4-19(16)43(36,37)38/h1-4,7-11H,5-6H2,(H,27,31)(H,33,34,35)(H,36,37,38)(H,39,40,41). The number of carbonyl (C=O) groups is 1. The highest BCUT2D eigenvalue weighted by Gasteiger charge is 2.22. The Balaban J connectivity index is 1.83. The number of halogens is 2. The largest absolute Gasteiger partial charge is 0.325 e. The minimum Gasteiger partial charge on any atom is -0.325 e. The summed E-state index contributed by atoms with van der Waals surface area (Å²) < 4.78 is 101. The van der Waals surface area contributed by atoms with Crippen LogP contribution in [0.15, 0.2) is 84.4 Å². The van der Waals surface area contributed by atoms with Crippen LogP contribution in [0.25, 0.3) is 10.8 Å². The van der Waals surface area contributed by atoms with Gasteiger partial charge in [0.2, 0.25) is 5.91 Å². The van der Waals surface area contributed by atoms with E-state index >= 15 is 0 Å². The molecule has 0 radical (unpaired) electrons. The topological polar surface area (TPSA) is 252 Å². The van der Waals surface area contributed by atoms with Gasteiger partial charge in [-0.1, -0.05) is 35.3 Å². The number of aryl methyl sites for hydroxylation is 1. The molecule has 21 heteroatoms. The van der Waals surface area contributed by atoms with Gasteiger partial charge < -0.3 is 5.32 Å². The summed E-state index contributed by atoms with van der Waals surface area (Å²) in [4.78, 5) is 22.7. The lowest BCUT2D eigenvalue weighted by Gasteiger charge is -2.13. The lowest BCUT2D eigenvalue weighted by Crippen LogP contribution is -2.25. The number of amides is 1. The SMILES string of the molecule is O=C(CCn1ncc(Cl)c(Cl)c1=O)Nc1cc(S(=O)(=O)O)cc2cc(S(=O)(=O)O)c(N=Nc3ccccc3S(=O)(=O)O)cc12. The fourth-order valence-corrected chi connectivity index (χ4v) is 5.86. The van der Waals surface area contributed by atoms with Crippen LogP contribution in [0, 0.1) is 0 Å². The van der Waals surface area contributed by atoms with E-state index in [2.05, 4.69) is 20.6 Å². The fourth-order valence-electron chi connectivity index (χ4n) is 3.78. The fraction of sp³-hybridized carbons (Fsp3) is 0.0870. The zero-order chi connectivity index (χ0) is 32.6. The Morgan fingerprint density at radius 1 is 0.864 bits per heavy atom. The number of aromatic nitrogens is 2. The van der Waals surface area contributed by atoms with Crippen molar-refractivity contribution < 1.29 is 43.7 Å². The Bertz CT molecular complexity index is 2260. The maximum absolute atomic E-state index is 12.8. The summed E-state index contributed by atoms with van der Waals surface area (Å²) >= 11 is 11.5. The van der Waals surface area contributed by atoms with Crippen molar-refractivity contribution in [3.63, 3.8) is 0 Å². The summed E-state index contributed by atoms with van der Waals surface area (Å²) in [6.45, 7) is -0.295. The number of hydrogen-bond acceptors (Lipinski definition) is 11. The second kappa shape index (κ2) is 12.3. The molecular formula is C23H17Cl2N5O11S3. The molecule has 0 spiro atoms. The maximum Gasteiger partial charge on any atom is 0.296 e. The van der Waals surface area contributed by atoms with Gasteiger partial charge in [0.1, 0.15) is 26.2 Å². The van der Waals surface area contributed by atoms with Gasteiger partial charge in [0.15, 0.2) is 0 Å². The normalized spacial score (nSPS) is 12.6. The molecule has 0 fully saturated rings. The molecule has 4 rings (SSSR count). The van der Waals surface area contributed by atoms with Crippen molar-refractivity contribution >= 4 is 87.3 Å². The van der Waals surface area contributed by atoms with Gasteiger partial charge in [-0.25, -0.2) is 4.68 Å². The first kappa shape index (κ1) is 33.1. The average Bonchev–Trinajstić information content (AvgIpc) is 2.92. The predicted molar refractivity (Wildman–Crippen MR) is 156 cm³/mol. The van der Waals surface area contributed by atoms with Crippen molar-refractivity contribution in [1.29, 1.82) is 0 Å². The molecule has 0 bridgehead atoms. The van der Waals surface area contributed by atoms with Crippen LogP contribution in [-0.4, -0.2) is 54.6 Å². The van der Waals surface area contributed by atoms with Crippen LogP contribution in [-0.2, 0) is 41.7 Å². The Morgan fingerprint density at radius 3 is 2.14 bits per heavy atom. The second-order valence-corrected chi connectivity index (χ2v) is 13.7. The van der Waals surface area contributed by atoms with Crippen LogP contribution >= 0.6 is 23.2 Å². The number of nitrogens with zero attached hydrogens (tertiary/aromatic N) is 4. The number of fused-ring (bicyclic) bond motifs is 1. The Kier molecular flexibility index (Phi) is 9.24. The highest BCUT2D eigenvalue weighted by atomic mass is 35.5. The van der Waals surface area contributed by atoms with Crippen molar-refractivity contribution in [1.82, 2.24) is 9.78 Å². The van der Waals surface area contributed by atoms with Crippen LogP contribution < -0.4 is 10.9 Å². The van der Waals surface area contributed by atoms with Gasteiger partial charge in [0, 0.05) is 11.8 Å². The summed E-state index contributed by atoms with van der Waals surface area (Å²) in [7, 11) is -14.8. The van der Waals surface area contributed by atoms with E-state index in [1.54, 1.807) is 0 Å². The zero-order valence-corrected chi connectivity index (χ0v) is 25.4. The highest BCUT2D eigenvalue weighted by Crippen LogP contribution is 2.37. The number of benzene rings is 3. The van der Waals surface area contributed by atoms with Crippen LogP contribution in [0.1, 0.15) is 6.42 Å². The monoisotopic (exact) mass is 705 g/mol. The van der Waals surface area contributed by atoms with Crippen molar-refractivity contribution in [2.75, 3.05) is 5.32 Å². The van der Waals surface area contributed by atoms with Gasteiger partial charge in [-0.3, -0.25) is 23.2 Å². The van der Waals surface area contributed by atoms with Crippen molar-refractivity contribution in [3.05, 3.63) is 75.1 Å². The molecule has 4 aromatic rings. The predicted octanol–water partition coefficient (Wildman–Crippen LogP) is 3.89. The second-order valence-electron chi connectivity index (χ2n) is 8.74. The van der Waals surface area contributed by atoms with Gasteiger partial charge in [0.05, 0.1) is 28.3 Å². The number of anilines is 1. The third-order valence-electron chi connectivity index (χ3n) is 5.76. The molecule has 1 aromatic heterocycles. The first-order valence-electron chi connectivity index (χ1n) is 11.6. The summed E-state index contributed by atoms with van der Waals surface area (Å²) in [5, 5.41) is 12.8. The van der Waals surface area contributed by atoms with E-state index in [-0.39, 0.29) is 33.0 Å².